The zero-order chi connectivity index (χ0) is 13.4. The highest BCUT2D eigenvalue weighted by Crippen LogP contribution is 2.25. The highest BCUT2D eigenvalue weighted by molar-refractivity contribution is 5.98. The van der Waals surface area contributed by atoms with Gasteiger partial charge in [0.05, 0.1) is 13.2 Å². The molecule has 1 aliphatic rings. The summed E-state index contributed by atoms with van der Waals surface area (Å²) in [6.07, 6.45) is 6.97. The average Bonchev–Trinajstić information content (AvgIpc) is 2.59. The van der Waals surface area contributed by atoms with Crippen molar-refractivity contribution < 1.29 is 19.1 Å². The molecule has 0 atom stereocenters. The van der Waals surface area contributed by atoms with Crippen LogP contribution in [0.4, 0.5) is 0 Å². The summed E-state index contributed by atoms with van der Waals surface area (Å²) >= 11 is 0. The third-order valence-corrected chi connectivity index (χ3v) is 2.99. The van der Waals surface area contributed by atoms with Gasteiger partial charge >= 0.3 is 11.9 Å². The van der Waals surface area contributed by atoms with Crippen LogP contribution in [-0.4, -0.2) is 25.2 Å². The number of carbonyl (C=O) groups is 2. The molecule has 0 radical (unpaired) electrons. The SMILES string of the molecule is CCOC(=O)C(C(=O)OCC)C1=CCCCCC1. The number of rotatable bonds is 5. The van der Waals surface area contributed by atoms with E-state index in [9.17, 15) is 9.59 Å². The predicted octanol–water partition coefficient (Wildman–Crippen LogP) is 2.62. The lowest BCUT2D eigenvalue weighted by Crippen LogP contribution is -2.30. The second-order valence-electron chi connectivity index (χ2n) is 4.32. The van der Waals surface area contributed by atoms with Gasteiger partial charge in [0.25, 0.3) is 0 Å². The molecule has 0 fully saturated rings. The Morgan fingerprint density at radius 3 is 2.28 bits per heavy atom. The molecule has 0 saturated heterocycles. The lowest BCUT2D eigenvalue weighted by atomic mass is 9.95. The molecule has 4 nitrogen and oxygen atoms in total. The van der Waals surface area contributed by atoms with Crippen LogP contribution in [0.5, 0.6) is 0 Å². The van der Waals surface area contributed by atoms with Gasteiger partial charge in [-0.3, -0.25) is 9.59 Å². The van der Waals surface area contributed by atoms with E-state index in [1.807, 2.05) is 6.08 Å². The van der Waals surface area contributed by atoms with Crippen molar-refractivity contribution in [2.75, 3.05) is 13.2 Å². The first kappa shape index (κ1) is 14.7. The number of allylic oxidation sites excluding steroid dienone is 1. The molecule has 0 aromatic heterocycles. The summed E-state index contributed by atoms with van der Waals surface area (Å²) in [5, 5.41) is 0. The van der Waals surface area contributed by atoms with Crippen LogP contribution in [-0.2, 0) is 19.1 Å². The van der Waals surface area contributed by atoms with Gasteiger partial charge in [-0.25, -0.2) is 0 Å². The van der Waals surface area contributed by atoms with Crippen LogP contribution in [0.15, 0.2) is 11.6 Å². The van der Waals surface area contributed by atoms with Crippen molar-refractivity contribution in [2.45, 2.75) is 46.0 Å². The van der Waals surface area contributed by atoms with E-state index >= 15 is 0 Å². The summed E-state index contributed by atoms with van der Waals surface area (Å²) in [6, 6.07) is 0. The summed E-state index contributed by atoms with van der Waals surface area (Å²) in [4.78, 5) is 23.8. The van der Waals surface area contributed by atoms with E-state index in [0.29, 0.717) is 0 Å². The number of carbonyl (C=O) groups excluding carboxylic acids is 2. The Hall–Kier alpha value is -1.32. The van der Waals surface area contributed by atoms with Crippen molar-refractivity contribution in [3.63, 3.8) is 0 Å². The lowest BCUT2D eigenvalue weighted by molar-refractivity contribution is -0.159. The molecule has 0 heterocycles. The van der Waals surface area contributed by atoms with E-state index in [-0.39, 0.29) is 13.2 Å². The molecule has 0 bridgehead atoms. The van der Waals surface area contributed by atoms with E-state index < -0.39 is 17.9 Å². The summed E-state index contributed by atoms with van der Waals surface area (Å²) in [6.45, 7) is 4.03. The first-order valence-electron chi connectivity index (χ1n) is 6.72. The van der Waals surface area contributed by atoms with Crippen molar-refractivity contribution >= 4 is 11.9 Å². The van der Waals surface area contributed by atoms with Crippen LogP contribution in [0.25, 0.3) is 0 Å². The summed E-state index contributed by atoms with van der Waals surface area (Å²) in [5.41, 5.74) is 0.865. The monoisotopic (exact) mass is 254 g/mol. The molecular weight excluding hydrogens is 232 g/mol. The third-order valence-electron chi connectivity index (χ3n) is 2.99. The second kappa shape index (κ2) is 7.90. The van der Waals surface area contributed by atoms with Gasteiger partial charge in [0.1, 0.15) is 0 Å². The standard InChI is InChI=1S/C14H22O4/c1-3-17-13(15)12(14(16)18-4-2)11-9-7-5-6-8-10-11/h9,12H,3-8,10H2,1-2H3. The van der Waals surface area contributed by atoms with Gasteiger partial charge in [-0.05, 0) is 45.1 Å². The Bertz CT molecular complexity index is 302. The summed E-state index contributed by atoms with van der Waals surface area (Å²) < 4.78 is 9.97. The first-order valence-corrected chi connectivity index (χ1v) is 6.72. The molecule has 4 heteroatoms. The molecule has 0 N–H and O–H groups in total. The Balaban J connectivity index is 2.84. The molecule has 0 aromatic rings. The minimum absolute atomic E-state index is 0.280. The molecule has 0 aromatic carbocycles. The van der Waals surface area contributed by atoms with E-state index in [1.54, 1.807) is 13.8 Å². The summed E-state index contributed by atoms with van der Waals surface area (Å²) in [7, 11) is 0. The van der Waals surface area contributed by atoms with E-state index in [2.05, 4.69) is 0 Å². The highest BCUT2D eigenvalue weighted by Gasteiger charge is 2.33. The number of esters is 2. The Morgan fingerprint density at radius 2 is 1.72 bits per heavy atom. The lowest BCUT2D eigenvalue weighted by Gasteiger charge is -2.17. The molecule has 0 unspecified atom stereocenters. The molecule has 102 valence electrons. The normalized spacial score (nSPS) is 15.8. The maximum absolute atomic E-state index is 11.9. The zero-order valence-corrected chi connectivity index (χ0v) is 11.2. The maximum Gasteiger partial charge on any atom is 0.324 e. The van der Waals surface area contributed by atoms with E-state index in [0.717, 1.165) is 37.7 Å². The molecule has 1 aliphatic carbocycles. The molecule has 18 heavy (non-hydrogen) atoms. The van der Waals surface area contributed by atoms with Gasteiger partial charge in [0, 0.05) is 0 Å². The first-order chi connectivity index (χ1) is 8.70. The van der Waals surface area contributed by atoms with Gasteiger partial charge in [-0.1, -0.05) is 12.5 Å². The predicted molar refractivity (Wildman–Crippen MR) is 67.9 cm³/mol. The van der Waals surface area contributed by atoms with Crippen LogP contribution in [0.3, 0.4) is 0 Å². The fourth-order valence-electron chi connectivity index (χ4n) is 2.15. The zero-order valence-electron chi connectivity index (χ0n) is 11.2. The Labute approximate surface area is 108 Å². The van der Waals surface area contributed by atoms with Crippen molar-refractivity contribution in [1.29, 1.82) is 0 Å². The van der Waals surface area contributed by atoms with Crippen molar-refractivity contribution in [1.82, 2.24) is 0 Å². The number of hydrogen-bond acceptors (Lipinski definition) is 4. The molecule has 0 spiro atoms. The molecule has 1 rings (SSSR count). The average molecular weight is 254 g/mol. The fourth-order valence-corrected chi connectivity index (χ4v) is 2.15. The molecule has 0 amide bonds. The largest absolute Gasteiger partial charge is 0.465 e. The van der Waals surface area contributed by atoms with E-state index in [4.69, 9.17) is 9.47 Å². The van der Waals surface area contributed by atoms with Crippen molar-refractivity contribution in [2.24, 2.45) is 5.92 Å². The quantitative estimate of drug-likeness (QED) is 0.430. The number of hydrogen-bond donors (Lipinski definition) is 0. The minimum Gasteiger partial charge on any atom is -0.465 e. The van der Waals surface area contributed by atoms with E-state index in [1.165, 1.54) is 0 Å². The van der Waals surface area contributed by atoms with Crippen molar-refractivity contribution in [3.8, 4) is 0 Å². The van der Waals surface area contributed by atoms with Crippen LogP contribution >= 0.6 is 0 Å². The molecule has 0 saturated carbocycles. The second-order valence-corrected chi connectivity index (χ2v) is 4.32. The topological polar surface area (TPSA) is 52.6 Å². The smallest absolute Gasteiger partial charge is 0.324 e. The Kier molecular flexibility index (Phi) is 6.47. The van der Waals surface area contributed by atoms with Gasteiger partial charge in [-0.15, -0.1) is 0 Å². The molecular formula is C14H22O4. The van der Waals surface area contributed by atoms with Gasteiger partial charge in [0.15, 0.2) is 5.92 Å². The van der Waals surface area contributed by atoms with Crippen LogP contribution in [0, 0.1) is 5.92 Å². The maximum atomic E-state index is 11.9. The Morgan fingerprint density at radius 1 is 1.11 bits per heavy atom. The minimum atomic E-state index is -0.858. The van der Waals surface area contributed by atoms with Crippen molar-refractivity contribution in [3.05, 3.63) is 11.6 Å². The van der Waals surface area contributed by atoms with Crippen LogP contribution in [0.2, 0.25) is 0 Å². The van der Waals surface area contributed by atoms with Gasteiger partial charge < -0.3 is 9.47 Å². The third kappa shape index (κ3) is 4.17. The van der Waals surface area contributed by atoms with Crippen LogP contribution < -0.4 is 0 Å². The van der Waals surface area contributed by atoms with Gasteiger partial charge in [-0.2, -0.15) is 0 Å². The fraction of sp³-hybridized carbons (Fsp3) is 0.714. The molecule has 0 aliphatic heterocycles. The number of ether oxygens (including phenoxy) is 2. The summed E-state index contributed by atoms with van der Waals surface area (Å²) in [5.74, 6) is -1.82. The van der Waals surface area contributed by atoms with Gasteiger partial charge in [0.2, 0.25) is 0 Å². The van der Waals surface area contributed by atoms with Crippen LogP contribution in [0.1, 0.15) is 46.0 Å². The highest BCUT2D eigenvalue weighted by atomic mass is 16.6.